The topological polar surface area (TPSA) is 124 Å². The summed E-state index contributed by atoms with van der Waals surface area (Å²) in [6.07, 6.45) is 2.49. The Morgan fingerprint density at radius 1 is 1.32 bits per heavy atom. The molecule has 1 aromatic carbocycles. The number of benzene rings is 1. The zero-order valence-corrected chi connectivity index (χ0v) is 18.1. The number of ether oxygens (including phenoxy) is 1. The monoisotopic (exact) mass is 426 g/mol. The standard InChI is InChI=1S/C20H26N8O3/c1-25(2)8-9-26(3)16-11-18(31-4)15(10-17(16)28(29)30)23-20-22-13-14(12-21)19(24-20)27-6-5-7-27/h10-11,13H,5-9H2,1-4H3,(H,22,23,24). The molecule has 1 saturated heterocycles. The predicted molar refractivity (Wildman–Crippen MR) is 118 cm³/mol. The molecular weight excluding hydrogens is 400 g/mol. The molecule has 0 unspecified atom stereocenters. The van der Waals surface area contributed by atoms with Crippen LogP contribution in [-0.2, 0) is 0 Å². The highest BCUT2D eigenvalue weighted by Crippen LogP contribution is 2.39. The largest absolute Gasteiger partial charge is 0.494 e. The lowest BCUT2D eigenvalue weighted by Gasteiger charge is -2.32. The number of nitrogens with one attached hydrogen (secondary N) is 1. The van der Waals surface area contributed by atoms with E-state index in [1.165, 1.54) is 19.4 Å². The molecule has 0 atom stereocenters. The average Bonchev–Trinajstić information content (AvgIpc) is 2.70. The van der Waals surface area contributed by atoms with Crippen LogP contribution in [0.4, 0.5) is 28.8 Å². The molecule has 11 nitrogen and oxygen atoms in total. The van der Waals surface area contributed by atoms with Crippen molar-refractivity contribution in [3.8, 4) is 11.8 Å². The second-order valence-electron chi connectivity index (χ2n) is 7.53. The van der Waals surface area contributed by atoms with Gasteiger partial charge in [-0.15, -0.1) is 0 Å². The molecule has 0 amide bonds. The molecular formula is C20H26N8O3. The molecule has 0 bridgehead atoms. The quantitative estimate of drug-likeness (QED) is 0.471. The summed E-state index contributed by atoms with van der Waals surface area (Å²) in [6.45, 7) is 3.01. The number of nitro benzene ring substituents is 1. The van der Waals surface area contributed by atoms with Gasteiger partial charge in [-0.3, -0.25) is 10.1 Å². The van der Waals surface area contributed by atoms with Crippen LogP contribution in [0.1, 0.15) is 12.0 Å². The van der Waals surface area contributed by atoms with E-state index in [-0.39, 0.29) is 11.6 Å². The minimum absolute atomic E-state index is 0.0545. The molecule has 2 aromatic rings. The fraction of sp³-hybridized carbons (Fsp3) is 0.450. The van der Waals surface area contributed by atoms with E-state index in [4.69, 9.17) is 4.74 Å². The molecule has 0 spiro atoms. The van der Waals surface area contributed by atoms with E-state index in [2.05, 4.69) is 21.4 Å². The van der Waals surface area contributed by atoms with Crippen molar-refractivity contribution < 1.29 is 9.66 Å². The third kappa shape index (κ3) is 4.92. The minimum Gasteiger partial charge on any atom is -0.494 e. The molecule has 31 heavy (non-hydrogen) atoms. The second kappa shape index (κ2) is 9.44. The first kappa shape index (κ1) is 22.0. The third-order valence-electron chi connectivity index (χ3n) is 5.08. The van der Waals surface area contributed by atoms with Crippen LogP contribution in [0.5, 0.6) is 5.75 Å². The van der Waals surface area contributed by atoms with E-state index in [1.54, 1.807) is 13.1 Å². The minimum atomic E-state index is -0.419. The lowest BCUT2D eigenvalue weighted by molar-refractivity contribution is -0.384. The number of hydrogen-bond donors (Lipinski definition) is 1. The SMILES string of the molecule is COc1cc(N(C)CCN(C)C)c([N+](=O)[O-])cc1Nc1ncc(C#N)c(N2CCC2)n1. The Kier molecular flexibility index (Phi) is 6.71. The van der Waals surface area contributed by atoms with Gasteiger partial charge in [0.15, 0.2) is 5.82 Å². The molecule has 1 aliphatic rings. The summed E-state index contributed by atoms with van der Waals surface area (Å²) < 4.78 is 5.48. The van der Waals surface area contributed by atoms with Gasteiger partial charge in [-0.25, -0.2) is 4.98 Å². The van der Waals surface area contributed by atoms with Crippen LogP contribution in [0.2, 0.25) is 0 Å². The van der Waals surface area contributed by atoms with E-state index < -0.39 is 4.92 Å². The Labute approximate surface area is 181 Å². The van der Waals surface area contributed by atoms with Crippen LogP contribution in [0.15, 0.2) is 18.3 Å². The molecule has 0 aliphatic carbocycles. The maximum absolute atomic E-state index is 11.8. The summed E-state index contributed by atoms with van der Waals surface area (Å²) in [5.41, 5.74) is 1.16. The van der Waals surface area contributed by atoms with E-state index in [0.29, 0.717) is 35.1 Å². The van der Waals surface area contributed by atoms with Crippen molar-refractivity contribution in [1.82, 2.24) is 14.9 Å². The number of hydrogen-bond acceptors (Lipinski definition) is 10. The van der Waals surface area contributed by atoms with Crippen molar-refractivity contribution in [3.63, 3.8) is 0 Å². The first-order valence-electron chi connectivity index (χ1n) is 9.85. The molecule has 164 valence electrons. The van der Waals surface area contributed by atoms with Crippen LogP contribution in [-0.4, -0.2) is 74.2 Å². The average molecular weight is 426 g/mol. The van der Waals surface area contributed by atoms with Crippen molar-refractivity contribution in [3.05, 3.63) is 34.0 Å². The first-order valence-corrected chi connectivity index (χ1v) is 9.85. The van der Waals surface area contributed by atoms with Crippen molar-refractivity contribution in [2.45, 2.75) is 6.42 Å². The van der Waals surface area contributed by atoms with Gasteiger partial charge in [-0.2, -0.15) is 10.2 Å². The van der Waals surface area contributed by atoms with Gasteiger partial charge in [0.05, 0.1) is 23.9 Å². The van der Waals surface area contributed by atoms with Crippen LogP contribution >= 0.6 is 0 Å². The lowest BCUT2D eigenvalue weighted by Crippen LogP contribution is -2.38. The normalized spacial score (nSPS) is 12.8. The van der Waals surface area contributed by atoms with Gasteiger partial charge >= 0.3 is 0 Å². The fourth-order valence-corrected chi connectivity index (χ4v) is 3.15. The molecule has 0 saturated carbocycles. The van der Waals surface area contributed by atoms with Gasteiger partial charge in [-0.1, -0.05) is 0 Å². The lowest BCUT2D eigenvalue weighted by atomic mass is 10.2. The van der Waals surface area contributed by atoms with Gasteiger partial charge in [0.1, 0.15) is 23.1 Å². The van der Waals surface area contributed by atoms with E-state index in [0.717, 1.165) is 26.1 Å². The molecule has 1 aliphatic heterocycles. The highest BCUT2D eigenvalue weighted by atomic mass is 16.6. The van der Waals surface area contributed by atoms with Crippen LogP contribution in [0, 0.1) is 21.4 Å². The Morgan fingerprint density at radius 3 is 2.61 bits per heavy atom. The number of anilines is 4. The van der Waals surface area contributed by atoms with Crippen LogP contribution < -0.4 is 19.9 Å². The van der Waals surface area contributed by atoms with Crippen LogP contribution in [0.3, 0.4) is 0 Å². The molecule has 0 radical (unpaired) electrons. The number of nitro groups is 1. The third-order valence-corrected chi connectivity index (χ3v) is 5.08. The van der Waals surface area contributed by atoms with Gasteiger partial charge in [-0.05, 0) is 20.5 Å². The first-order chi connectivity index (χ1) is 14.8. The number of aromatic nitrogens is 2. The maximum atomic E-state index is 11.8. The van der Waals surface area contributed by atoms with E-state index in [9.17, 15) is 15.4 Å². The van der Waals surface area contributed by atoms with Gasteiger partial charge in [0.2, 0.25) is 5.95 Å². The predicted octanol–water partition coefficient (Wildman–Crippen LogP) is 2.22. The van der Waals surface area contributed by atoms with Crippen molar-refractivity contribution >= 4 is 28.8 Å². The number of rotatable bonds is 9. The number of nitriles is 1. The summed E-state index contributed by atoms with van der Waals surface area (Å²) in [4.78, 5) is 25.8. The molecule has 1 N–H and O–H groups in total. The van der Waals surface area contributed by atoms with Crippen molar-refractivity contribution in [2.24, 2.45) is 0 Å². The Morgan fingerprint density at radius 2 is 2.06 bits per heavy atom. The summed E-state index contributed by atoms with van der Waals surface area (Å²) in [7, 11) is 7.20. The smallest absolute Gasteiger partial charge is 0.294 e. The Balaban J connectivity index is 1.95. The molecule has 1 aromatic heterocycles. The van der Waals surface area contributed by atoms with Crippen molar-refractivity contribution in [2.75, 3.05) is 69.5 Å². The highest BCUT2D eigenvalue weighted by Gasteiger charge is 2.24. The maximum Gasteiger partial charge on any atom is 0.294 e. The van der Waals surface area contributed by atoms with Gasteiger partial charge < -0.3 is 24.8 Å². The zero-order chi connectivity index (χ0) is 22.5. The summed E-state index contributed by atoms with van der Waals surface area (Å²) in [5, 5.41) is 24.1. The zero-order valence-electron chi connectivity index (χ0n) is 18.1. The van der Waals surface area contributed by atoms with E-state index >= 15 is 0 Å². The second-order valence-corrected chi connectivity index (χ2v) is 7.53. The highest BCUT2D eigenvalue weighted by molar-refractivity contribution is 5.77. The molecule has 2 heterocycles. The van der Waals surface area contributed by atoms with Gasteiger partial charge in [0.25, 0.3) is 5.69 Å². The van der Waals surface area contributed by atoms with E-state index in [1.807, 2.05) is 28.8 Å². The van der Waals surface area contributed by atoms with Gasteiger partial charge in [0, 0.05) is 45.4 Å². The number of nitrogens with zero attached hydrogens (tertiary/aromatic N) is 7. The summed E-state index contributed by atoms with van der Waals surface area (Å²) >= 11 is 0. The Hall–Kier alpha value is -3.65. The number of likely N-dealkylation sites (N-methyl/N-ethyl adjacent to an activating group) is 2. The Bertz CT molecular complexity index is 1000. The number of methoxy groups -OCH3 is 1. The van der Waals surface area contributed by atoms with Crippen molar-refractivity contribution in [1.29, 1.82) is 5.26 Å². The van der Waals surface area contributed by atoms with Crippen LogP contribution in [0.25, 0.3) is 0 Å². The summed E-state index contributed by atoms with van der Waals surface area (Å²) in [6, 6.07) is 5.16. The summed E-state index contributed by atoms with van der Waals surface area (Å²) in [5.74, 6) is 1.22. The fourth-order valence-electron chi connectivity index (χ4n) is 3.15. The molecule has 11 heteroatoms. The molecule has 3 rings (SSSR count). The molecule has 1 fully saturated rings.